The lowest BCUT2D eigenvalue weighted by molar-refractivity contribution is 0.0948. The second-order valence-corrected chi connectivity index (χ2v) is 6.31. The molecule has 1 N–H and O–H groups in total. The molecule has 1 aromatic carbocycles. The molecular weight excluding hydrogens is 287 g/mol. The number of amides is 1. The molecule has 0 aliphatic heterocycles. The predicted molar refractivity (Wildman–Crippen MR) is 73.4 cm³/mol. The number of hydrogen-bond donors (Lipinski definition) is 1. The number of rotatable bonds is 4. The highest BCUT2D eigenvalue weighted by atomic mass is 32.2. The normalized spacial score (nSPS) is 17.2. The van der Waals surface area contributed by atoms with Crippen LogP contribution >= 0.6 is 11.8 Å². The molecule has 1 aromatic rings. The van der Waals surface area contributed by atoms with E-state index in [1.165, 1.54) is 0 Å². The van der Waals surface area contributed by atoms with Gasteiger partial charge in [0.2, 0.25) is 0 Å². The molecular formula is C14H16F3NOS. The molecule has 6 heteroatoms. The number of hydrogen-bond acceptors (Lipinski definition) is 2. The molecule has 0 radical (unpaired) electrons. The summed E-state index contributed by atoms with van der Waals surface area (Å²) in [6.07, 6.45) is 6.27. The number of nitrogens with one attached hydrogen (secondary N) is 1. The second kappa shape index (κ2) is 6.08. The highest BCUT2D eigenvalue weighted by Crippen LogP contribution is 2.39. The summed E-state index contributed by atoms with van der Waals surface area (Å²) in [5.41, 5.74) is -0.198. The fourth-order valence-electron chi connectivity index (χ4n) is 2.50. The van der Waals surface area contributed by atoms with Gasteiger partial charge in [-0.2, -0.15) is 11.8 Å². The summed E-state index contributed by atoms with van der Waals surface area (Å²) < 4.78 is 39.0. The molecule has 2 rings (SSSR count). The molecule has 1 amide bonds. The maximum absolute atomic E-state index is 13.1. The van der Waals surface area contributed by atoms with Crippen molar-refractivity contribution < 1.29 is 18.0 Å². The number of thioether (sulfide) groups is 1. The highest BCUT2D eigenvalue weighted by molar-refractivity contribution is 8.00. The Kier molecular flexibility index (Phi) is 4.62. The molecule has 2 nitrogen and oxygen atoms in total. The van der Waals surface area contributed by atoms with Gasteiger partial charge < -0.3 is 5.32 Å². The average Bonchev–Trinajstić information content (AvgIpc) is 2.91. The Morgan fingerprint density at radius 3 is 2.30 bits per heavy atom. The summed E-state index contributed by atoms with van der Waals surface area (Å²) in [6, 6.07) is 1.43. The first-order valence-electron chi connectivity index (χ1n) is 6.45. The van der Waals surface area contributed by atoms with Crippen molar-refractivity contribution in [1.82, 2.24) is 5.32 Å². The lowest BCUT2D eigenvalue weighted by atomic mass is 10.1. The Bertz CT molecular complexity index is 492. The highest BCUT2D eigenvalue weighted by Gasteiger charge is 2.33. The van der Waals surface area contributed by atoms with Crippen LogP contribution in [-0.4, -0.2) is 23.5 Å². The van der Waals surface area contributed by atoms with E-state index in [4.69, 9.17) is 0 Å². The molecule has 0 bridgehead atoms. The molecule has 0 aromatic heterocycles. The van der Waals surface area contributed by atoms with E-state index >= 15 is 0 Å². The van der Waals surface area contributed by atoms with E-state index in [1.54, 1.807) is 11.8 Å². The molecule has 1 aliphatic carbocycles. The minimum absolute atomic E-state index is 0.00673. The molecule has 1 fully saturated rings. The van der Waals surface area contributed by atoms with E-state index in [0.717, 1.165) is 25.7 Å². The lowest BCUT2D eigenvalue weighted by Crippen LogP contribution is -2.38. The quantitative estimate of drug-likeness (QED) is 0.862. The van der Waals surface area contributed by atoms with Crippen LogP contribution < -0.4 is 5.32 Å². The van der Waals surface area contributed by atoms with Crippen LogP contribution in [0.1, 0.15) is 36.0 Å². The van der Waals surface area contributed by atoms with Gasteiger partial charge in [-0.05, 0) is 31.2 Å². The maximum atomic E-state index is 13.1. The van der Waals surface area contributed by atoms with Gasteiger partial charge in [0.15, 0.2) is 17.5 Å². The maximum Gasteiger partial charge on any atom is 0.251 e. The molecule has 110 valence electrons. The van der Waals surface area contributed by atoms with E-state index in [2.05, 4.69) is 5.32 Å². The van der Waals surface area contributed by atoms with Crippen molar-refractivity contribution in [1.29, 1.82) is 0 Å². The summed E-state index contributed by atoms with van der Waals surface area (Å²) in [5, 5.41) is 2.69. The van der Waals surface area contributed by atoms with E-state index < -0.39 is 23.4 Å². The summed E-state index contributed by atoms with van der Waals surface area (Å²) in [5.74, 6) is -4.84. The number of carbonyl (C=O) groups excluding carboxylic acids is 1. The molecule has 0 heterocycles. The Hall–Kier alpha value is -1.17. The van der Waals surface area contributed by atoms with Gasteiger partial charge in [-0.15, -0.1) is 0 Å². The fourth-order valence-corrected chi connectivity index (χ4v) is 3.42. The van der Waals surface area contributed by atoms with Crippen LogP contribution in [0.25, 0.3) is 0 Å². The Morgan fingerprint density at radius 1 is 1.25 bits per heavy atom. The van der Waals surface area contributed by atoms with Crippen molar-refractivity contribution >= 4 is 17.7 Å². The van der Waals surface area contributed by atoms with Gasteiger partial charge in [0.1, 0.15) is 0 Å². The molecule has 0 atom stereocenters. The number of carbonyl (C=O) groups is 1. The molecule has 0 saturated heterocycles. The summed E-state index contributed by atoms with van der Waals surface area (Å²) in [4.78, 5) is 11.9. The van der Waals surface area contributed by atoms with E-state index in [1.807, 2.05) is 6.26 Å². The van der Waals surface area contributed by atoms with Gasteiger partial charge in [-0.1, -0.05) is 12.8 Å². The Morgan fingerprint density at radius 2 is 1.80 bits per heavy atom. The summed E-state index contributed by atoms with van der Waals surface area (Å²) in [6.45, 7) is 0.452. The van der Waals surface area contributed by atoms with Crippen LogP contribution in [0.15, 0.2) is 12.1 Å². The summed E-state index contributed by atoms with van der Waals surface area (Å²) in [7, 11) is 0. The first-order chi connectivity index (χ1) is 9.47. The first kappa shape index (κ1) is 15.2. The van der Waals surface area contributed by atoms with Gasteiger partial charge in [0.25, 0.3) is 5.91 Å². The molecule has 20 heavy (non-hydrogen) atoms. The van der Waals surface area contributed by atoms with Crippen molar-refractivity contribution in [3.63, 3.8) is 0 Å². The van der Waals surface area contributed by atoms with Gasteiger partial charge >= 0.3 is 0 Å². The zero-order chi connectivity index (χ0) is 14.8. The van der Waals surface area contributed by atoms with Crippen molar-refractivity contribution in [2.45, 2.75) is 30.4 Å². The molecule has 0 unspecified atom stereocenters. The van der Waals surface area contributed by atoms with Crippen LogP contribution in [-0.2, 0) is 0 Å². The SMILES string of the molecule is CSC1(CNC(=O)c2cc(F)c(F)c(F)c2)CCCC1. The smallest absolute Gasteiger partial charge is 0.251 e. The topological polar surface area (TPSA) is 29.1 Å². The van der Waals surface area contributed by atoms with Gasteiger partial charge in [-0.25, -0.2) is 13.2 Å². The van der Waals surface area contributed by atoms with E-state index in [9.17, 15) is 18.0 Å². The molecule has 0 spiro atoms. The van der Waals surface area contributed by atoms with E-state index in [0.29, 0.717) is 18.7 Å². The third-order valence-electron chi connectivity index (χ3n) is 3.76. The van der Waals surface area contributed by atoms with Crippen molar-refractivity contribution in [2.24, 2.45) is 0 Å². The summed E-state index contributed by atoms with van der Waals surface area (Å²) >= 11 is 1.70. The van der Waals surface area contributed by atoms with Crippen LogP contribution in [0.4, 0.5) is 13.2 Å². The zero-order valence-corrected chi connectivity index (χ0v) is 12.0. The van der Waals surface area contributed by atoms with Crippen molar-refractivity contribution in [3.8, 4) is 0 Å². The lowest BCUT2D eigenvalue weighted by Gasteiger charge is -2.26. The second-order valence-electron chi connectivity index (χ2n) is 5.03. The predicted octanol–water partition coefficient (Wildman–Crippen LogP) is 3.51. The largest absolute Gasteiger partial charge is 0.351 e. The Labute approximate surface area is 120 Å². The van der Waals surface area contributed by atoms with E-state index in [-0.39, 0.29) is 10.3 Å². The first-order valence-corrected chi connectivity index (χ1v) is 7.68. The van der Waals surface area contributed by atoms with Crippen LogP contribution in [0, 0.1) is 17.5 Å². The molecule has 1 aliphatic rings. The zero-order valence-electron chi connectivity index (χ0n) is 11.1. The number of benzene rings is 1. The van der Waals surface area contributed by atoms with Crippen LogP contribution in [0.5, 0.6) is 0 Å². The third kappa shape index (κ3) is 3.11. The van der Waals surface area contributed by atoms with Gasteiger partial charge in [-0.3, -0.25) is 4.79 Å². The van der Waals surface area contributed by atoms with Crippen molar-refractivity contribution in [2.75, 3.05) is 12.8 Å². The van der Waals surface area contributed by atoms with Gasteiger partial charge in [0, 0.05) is 16.9 Å². The standard InChI is InChI=1S/C14H16F3NOS/c1-20-14(4-2-3-5-14)8-18-13(19)9-6-10(15)12(17)11(16)7-9/h6-7H,2-5,8H2,1H3,(H,18,19). The fraction of sp³-hybridized carbons (Fsp3) is 0.500. The average molecular weight is 303 g/mol. The minimum Gasteiger partial charge on any atom is -0.351 e. The number of halogens is 3. The van der Waals surface area contributed by atoms with Crippen molar-refractivity contribution in [3.05, 3.63) is 35.1 Å². The Balaban J connectivity index is 2.05. The van der Waals surface area contributed by atoms with Crippen LogP contribution in [0.3, 0.4) is 0 Å². The molecule has 1 saturated carbocycles. The monoisotopic (exact) mass is 303 g/mol. The van der Waals surface area contributed by atoms with Crippen LogP contribution in [0.2, 0.25) is 0 Å². The minimum atomic E-state index is -1.56. The van der Waals surface area contributed by atoms with Gasteiger partial charge in [0.05, 0.1) is 0 Å². The third-order valence-corrected chi connectivity index (χ3v) is 5.18.